The van der Waals surface area contributed by atoms with Gasteiger partial charge in [-0.25, -0.2) is 0 Å². The summed E-state index contributed by atoms with van der Waals surface area (Å²) in [5, 5.41) is 0. The molecule has 0 aliphatic heterocycles. The summed E-state index contributed by atoms with van der Waals surface area (Å²) in [5.74, 6) is 0. The first-order valence-electron chi connectivity index (χ1n) is 5.11. The summed E-state index contributed by atoms with van der Waals surface area (Å²) in [6, 6.07) is 9.51. The maximum absolute atomic E-state index is 2.44. The summed E-state index contributed by atoms with van der Waals surface area (Å²) in [6.45, 7) is 3.36. The fourth-order valence-corrected chi connectivity index (χ4v) is 2.21. The molecule has 0 aromatic heterocycles. The smallest absolute Gasteiger partial charge is 0.0350 e. The maximum atomic E-state index is 2.44. The van der Waals surface area contributed by atoms with Crippen molar-refractivity contribution in [3.63, 3.8) is 0 Å². The Labute approximate surface area is 80.4 Å². The van der Waals surface area contributed by atoms with Crippen molar-refractivity contribution < 1.29 is 0 Å². The predicted molar refractivity (Wildman–Crippen MR) is 55.8 cm³/mol. The van der Waals surface area contributed by atoms with Crippen LogP contribution in [0, 0.1) is 0 Å². The average Bonchev–Trinajstić information content (AvgIpc) is 2.60. The van der Waals surface area contributed by atoms with Gasteiger partial charge in [-0.05, 0) is 37.6 Å². The van der Waals surface area contributed by atoms with Crippen molar-refractivity contribution in [3.8, 4) is 0 Å². The minimum Gasteiger partial charge on any atom is -0.300 e. The Bertz CT molecular complexity index is 293. The fourth-order valence-electron chi connectivity index (χ4n) is 2.21. The molecule has 0 amide bonds. The summed E-state index contributed by atoms with van der Waals surface area (Å²) in [5.41, 5.74) is 3.10. The topological polar surface area (TPSA) is 3.24 Å². The molecule has 1 aromatic rings. The Morgan fingerprint density at radius 3 is 2.92 bits per heavy atom. The van der Waals surface area contributed by atoms with Crippen LogP contribution in [0.4, 0.5) is 0 Å². The van der Waals surface area contributed by atoms with Crippen LogP contribution in [0.25, 0.3) is 0 Å². The van der Waals surface area contributed by atoms with E-state index < -0.39 is 0 Å². The van der Waals surface area contributed by atoms with Gasteiger partial charge in [-0.15, -0.1) is 0 Å². The van der Waals surface area contributed by atoms with Crippen molar-refractivity contribution in [2.24, 2.45) is 0 Å². The van der Waals surface area contributed by atoms with Gasteiger partial charge in [0.15, 0.2) is 0 Å². The number of benzene rings is 1. The molecule has 1 aliphatic rings. The van der Waals surface area contributed by atoms with Crippen LogP contribution in [0.2, 0.25) is 0 Å². The summed E-state index contributed by atoms with van der Waals surface area (Å²) < 4.78 is 0. The quantitative estimate of drug-likeness (QED) is 0.668. The lowest BCUT2D eigenvalue weighted by atomic mass is 10.1. The molecular weight excluding hydrogens is 158 g/mol. The Kier molecular flexibility index (Phi) is 2.36. The van der Waals surface area contributed by atoms with Crippen LogP contribution >= 0.6 is 0 Å². The van der Waals surface area contributed by atoms with Crippen molar-refractivity contribution in [1.82, 2.24) is 4.90 Å². The lowest BCUT2D eigenvalue weighted by Crippen LogP contribution is -2.22. The molecule has 0 N–H and O–H groups in total. The molecule has 0 saturated carbocycles. The van der Waals surface area contributed by atoms with E-state index in [2.05, 4.69) is 43.1 Å². The largest absolute Gasteiger partial charge is 0.300 e. The van der Waals surface area contributed by atoms with E-state index in [4.69, 9.17) is 0 Å². The van der Waals surface area contributed by atoms with E-state index in [1.165, 1.54) is 12.8 Å². The van der Waals surface area contributed by atoms with Crippen molar-refractivity contribution in [2.45, 2.75) is 25.8 Å². The van der Waals surface area contributed by atoms with E-state index in [-0.39, 0.29) is 0 Å². The number of aryl methyl sites for hydroxylation is 1. The molecule has 1 nitrogen and oxygen atoms in total. The standard InChI is InChI=1S/C12H17N/c1-3-13(2)12-9-8-10-6-4-5-7-11(10)12/h4-7,12H,3,8-9H2,1-2H3. The van der Waals surface area contributed by atoms with Crippen LogP contribution in [0.15, 0.2) is 24.3 Å². The highest BCUT2D eigenvalue weighted by molar-refractivity contribution is 5.34. The third kappa shape index (κ3) is 1.49. The molecule has 0 bridgehead atoms. The molecule has 70 valence electrons. The van der Waals surface area contributed by atoms with Crippen LogP contribution in [0.5, 0.6) is 0 Å². The molecule has 2 rings (SSSR count). The van der Waals surface area contributed by atoms with Crippen molar-refractivity contribution in [2.75, 3.05) is 13.6 Å². The molecule has 0 radical (unpaired) electrons. The zero-order valence-electron chi connectivity index (χ0n) is 8.46. The first kappa shape index (κ1) is 8.76. The van der Waals surface area contributed by atoms with E-state index in [1.807, 2.05) is 0 Å². The molecule has 1 aromatic carbocycles. The van der Waals surface area contributed by atoms with Gasteiger partial charge in [0, 0.05) is 6.04 Å². The number of rotatable bonds is 2. The van der Waals surface area contributed by atoms with Crippen molar-refractivity contribution >= 4 is 0 Å². The highest BCUT2D eigenvalue weighted by atomic mass is 15.1. The zero-order chi connectivity index (χ0) is 9.26. The number of hydrogen-bond donors (Lipinski definition) is 0. The summed E-state index contributed by atoms with van der Waals surface area (Å²) in [7, 11) is 2.22. The van der Waals surface area contributed by atoms with Crippen molar-refractivity contribution in [3.05, 3.63) is 35.4 Å². The molecule has 0 heterocycles. The first-order valence-corrected chi connectivity index (χ1v) is 5.11. The van der Waals surface area contributed by atoms with Gasteiger partial charge in [-0.1, -0.05) is 31.2 Å². The van der Waals surface area contributed by atoms with E-state index in [0.717, 1.165) is 6.54 Å². The van der Waals surface area contributed by atoms with E-state index in [1.54, 1.807) is 11.1 Å². The van der Waals surface area contributed by atoms with E-state index >= 15 is 0 Å². The second kappa shape index (κ2) is 3.51. The minimum atomic E-state index is 0.668. The third-order valence-electron chi connectivity index (χ3n) is 3.13. The van der Waals surface area contributed by atoms with Gasteiger partial charge in [-0.3, -0.25) is 4.90 Å². The Hall–Kier alpha value is -0.820. The van der Waals surface area contributed by atoms with Gasteiger partial charge in [0.1, 0.15) is 0 Å². The van der Waals surface area contributed by atoms with Crippen LogP contribution in [-0.4, -0.2) is 18.5 Å². The van der Waals surface area contributed by atoms with Gasteiger partial charge in [0.05, 0.1) is 0 Å². The predicted octanol–water partition coefficient (Wildman–Crippen LogP) is 2.63. The van der Waals surface area contributed by atoms with Gasteiger partial charge in [0.25, 0.3) is 0 Å². The number of fused-ring (bicyclic) bond motifs is 1. The second-order valence-corrected chi connectivity index (χ2v) is 3.83. The number of nitrogens with zero attached hydrogens (tertiary/aromatic N) is 1. The lowest BCUT2D eigenvalue weighted by molar-refractivity contribution is 0.257. The highest BCUT2D eigenvalue weighted by Crippen LogP contribution is 2.34. The summed E-state index contributed by atoms with van der Waals surface area (Å²) in [6.07, 6.45) is 2.55. The normalized spacial score (nSPS) is 20.7. The van der Waals surface area contributed by atoms with Gasteiger partial charge in [-0.2, -0.15) is 0 Å². The summed E-state index contributed by atoms with van der Waals surface area (Å²) >= 11 is 0. The SMILES string of the molecule is CCN(C)C1CCc2ccccc21. The molecule has 0 fully saturated rings. The molecule has 1 heteroatoms. The maximum Gasteiger partial charge on any atom is 0.0350 e. The fraction of sp³-hybridized carbons (Fsp3) is 0.500. The molecule has 1 atom stereocenters. The van der Waals surface area contributed by atoms with Crippen LogP contribution < -0.4 is 0 Å². The van der Waals surface area contributed by atoms with Crippen molar-refractivity contribution in [1.29, 1.82) is 0 Å². The van der Waals surface area contributed by atoms with E-state index in [9.17, 15) is 0 Å². The first-order chi connectivity index (χ1) is 6.33. The zero-order valence-corrected chi connectivity index (χ0v) is 8.46. The highest BCUT2D eigenvalue weighted by Gasteiger charge is 2.23. The van der Waals surface area contributed by atoms with Crippen LogP contribution in [0.3, 0.4) is 0 Å². The third-order valence-corrected chi connectivity index (χ3v) is 3.13. The Morgan fingerprint density at radius 2 is 2.15 bits per heavy atom. The lowest BCUT2D eigenvalue weighted by Gasteiger charge is -2.23. The van der Waals surface area contributed by atoms with E-state index in [0.29, 0.717) is 6.04 Å². The average molecular weight is 175 g/mol. The molecule has 13 heavy (non-hydrogen) atoms. The Balaban J connectivity index is 2.28. The Morgan fingerprint density at radius 1 is 1.38 bits per heavy atom. The second-order valence-electron chi connectivity index (χ2n) is 3.83. The molecular formula is C12H17N. The monoisotopic (exact) mass is 175 g/mol. The van der Waals surface area contributed by atoms with Crippen LogP contribution in [-0.2, 0) is 6.42 Å². The molecule has 1 unspecified atom stereocenters. The molecule has 0 spiro atoms. The molecule has 1 aliphatic carbocycles. The number of hydrogen-bond acceptors (Lipinski definition) is 1. The van der Waals surface area contributed by atoms with Gasteiger partial charge >= 0.3 is 0 Å². The minimum absolute atomic E-state index is 0.668. The van der Waals surface area contributed by atoms with Crippen LogP contribution in [0.1, 0.15) is 30.5 Å². The molecule has 0 saturated heterocycles. The van der Waals surface area contributed by atoms with Gasteiger partial charge in [0.2, 0.25) is 0 Å². The van der Waals surface area contributed by atoms with Gasteiger partial charge < -0.3 is 0 Å². The summed E-state index contributed by atoms with van der Waals surface area (Å²) in [4.78, 5) is 2.44.